The Bertz CT molecular complexity index is 200. The third-order valence-corrected chi connectivity index (χ3v) is 3.18. The normalized spacial score (nSPS) is 16.5. The predicted molar refractivity (Wildman–Crippen MR) is 62.7 cm³/mol. The van der Waals surface area contributed by atoms with E-state index in [4.69, 9.17) is 0 Å². The number of amides is 1. The average molecular weight is 212 g/mol. The van der Waals surface area contributed by atoms with Gasteiger partial charge >= 0.3 is 0 Å². The van der Waals surface area contributed by atoms with Crippen molar-refractivity contribution in [2.24, 2.45) is 5.92 Å². The van der Waals surface area contributed by atoms with Crippen LogP contribution in [0.25, 0.3) is 0 Å². The first-order valence-electron chi connectivity index (χ1n) is 6.07. The average Bonchev–Trinajstić information content (AvgIpc) is 2.11. The monoisotopic (exact) mass is 212 g/mol. The number of rotatable bonds is 6. The molecule has 3 heteroatoms. The molecule has 0 bridgehead atoms. The summed E-state index contributed by atoms with van der Waals surface area (Å²) in [6, 6.07) is 0.383. The van der Waals surface area contributed by atoms with Crippen LogP contribution in [0, 0.1) is 5.92 Å². The van der Waals surface area contributed by atoms with Crippen molar-refractivity contribution in [3.05, 3.63) is 0 Å². The predicted octanol–water partition coefficient (Wildman–Crippen LogP) is 1.63. The molecule has 1 saturated carbocycles. The Hall–Kier alpha value is -0.570. The summed E-state index contributed by atoms with van der Waals surface area (Å²) in [6.07, 6.45) is 5.31. The lowest BCUT2D eigenvalue weighted by Crippen LogP contribution is -2.39. The van der Waals surface area contributed by atoms with Crippen molar-refractivity contribution in [1.29, 1.82) is 0 Å². The van der Waals surface area contributed by atoms with Crippen LogP contribution in [0.5, 0.6) is 0 Å². The lowest BCUT2D eigenvalue weighted by molar-refractivity contribution is -0.129. The zero-order chi connectivity index (χ0) is 11.3. The smallest absolute Gasteiger partial charge is 0.236 e. The van der Waals surface area contributed by atoms with Gasteiger partial charge < -0.3 is 10.2 Å². The number of carbonyl (C=O) groups excluding carboxylic acids is 1. The molecule has 0 aliphatic heterocycles. The maximum absolute atomic E-state index is 11.6. The lowest BCUT2D eigenvalue weighted by Gasteiger charge is -2.27. The number of hydrogen-bond donors (Lipinski definition) is 1. The maximum atomic E-state index is 11.6. The van der Waals surface area contributed by atoms with Crippen molar-refractivity contribution in [2.45, 2.75) is 45.6 Å². The van der Waals surface area contributed by atoms with Crippen molar-refractivity contribution in [3.63, 3.8) is 0 Å². The van der Waals surface area contributed by atoms with Crippen LogP contribution in [0.2, 0.25) is 0 Å². The van der Waals surface area contributed by atoms with Crippen LogP contribution in [0.3, 0.4) is 0 Å². The summed E-state index contributed by atoms with van der Waals surface area (Å²) in [4.78, 5) is 13.5. The van der Waals surface area contributed by atoms with Crippen molar-refractivity contribution in [1.82, 2.24) is 10.2 Å². The first-order chi connectivity index (χ1) is 7.09. The fourth-order valence-electron chi connectivity index (χ4n) is 1.71. The third kappa shape index (κ3) is 4.65. The number of hydrogen-bond acceptors (Lipinski definition) is 2. The van der Waals surface area contributed by atoms with E-state index in [0.29, 0.717) is 12.6 Å². The number of carbonyl (C=O) groups is 1. The summed E-state index contributed by atoms with van der Waals surface area (Å²) in [7, 11) is 1.91. The van der Waals surface area contributed by atoms with Crippen molar-refractivity contribution in [2.75, 3.05) is 20.1 Å². The second-order valence-corrected chi connectivity index (χ2v) is 4.94. The Kier molecular flexibility index (Phi) is 5.09. The molecule has 0 aromatic rings. The van der Waals surface area contributed by atoms with E-state index in [1.165, 1.54) is 25.7 Å². The van der Waals surface area contributed by atoms with E-state index in [-0.39, 0.29) is 5.91 Å². The van der Waals surface area contributed by atoms with Crippen LogP contribution in [-0.4, -0.2) is 37.0 Å². The van der Waals surface area contributed by atoms with Crippen molar-refractivity contribution in [3.8, 4) is 0 Å². The van der Waals surface area contributed by atoms with Gasteiger partial charge in [0.2, 0.25) is 5.91 Å². The molecule has 1 rings (SSSR count). The van der Waals surface area contributed by atoms with E-state index < -0.39 is 0 Å². The summed E-state index contributed by atoms with van der Waals surface area (Å²) in [5.74, 6) is 1.10. The zero-order valence-corrected chi connectivity index (χ0v) is 10.3. The first-order valence-corrected chi connectivity index (χ1v) is 6.07. The van der Waals surface area contributed by atoms with E-state index in [9.17, 15) is 4.79 Å². The van der Waals surface area contributed by atoms with Crippen LogP contribution in [-0.2, 0) is 4.79 Å². The molecular weight excluding hydrogens is 188 g/mol. The second-order valence-electron chi connectivity index (χ2n) is 4.94. The lowest BCUT2D eigenvalue weighted by atomic mass is 9.83. The Morgan fingerprint density at radius 2 is 2.13 bits per heavy atom. The van der Waals surface area contributed by atoms with Crippen LogP contribution >= 0.6 is 0 Å². The van der Waals surface area contributed by atoms with E-state index in [1.54, 1.807) is 0 Å². The zero-order valence-electron chi connectivity index (χ0n) is 10.3. The minimum atomic E-state index is 0.211. The third-order valence-electron chi connectivity index (χ3n) is 3.18. The molecule has 1 N–H and O–H groups in total. The van der Waals surface area contributed by atoms with Gasteiger partial charge in [0.15, 0.2) is 0 Å². The topological polar surface area (TPSA) is 32.3 Å². The van der Waals surface area contributed by atoms with Gasteiger partial charge in [-0.1, -0.05) is 33.1 Å². The van der Waals surface area contributed by atoms with Gasteiger partial charge in [-0.3, -0.25) is 4.79 Å². The summed E-state index contributed by atoms with van der Waals surface area (Å²) < 4.78 is 0. The molecule has 0 aromatic carbocycles. The molecule has 0 unspecified atom stereocenters. The maximum Gasteiger partial charge on any atom is 0.236 e. The highest BCUT2D eigenvalue weighted by Crippen LogP contribution is 2.29. The van der Waals surface area contributed by atoms with Crippen LogP contribution in [0.1, 0.15) is 39.5 Å². The molecule has 1 amide bonds. The first kappa shape index (κ1) is 12.5. The van der Waals surface area contributed by atoms with Gasteiger partial charge in [-0.05, 0) is 12.3 Å². The molecular formula is C12H24N2O. The van der Waals surface area contributed by atoms with Gasteiger partial charge in [0.25, 0.3) is 0 Å². The molecule has 0 heterocycles. The fraction of sp³-hybridized carbons (Fsp3) is 0.917. The van der Waals surface area contributed by atoms with E-state index >= 15 is 0 Å². The van der Waals surface area contributed by atoms with Gasteiger partial charge in [-0.25, -0.2) is 0 Å². The van der Waals surface area contributed by atoms with Crippen molar-refractivity contribution < 1.29 is 4.79 Å². The quantitative estimate of drug-likeness (QED) is 0.726. The highest BCUT2D eigenvalue weighted by atomic mass is 16.2. The summed E-state index contributed by atoms with van der Waals surface area (Å²) >= 11 is 0. The van der Waals surface area contributed by atoms with Crippen LogP contribution in [0.4, 0.5) is 0 Å². The SMILES string of the molecule is CC(C)NCC(=O)N(C)CCC1CCC1. The molecule has 0 radical (unpaired) electrons. The minimum absolute atomic E-state index is 0.211. The minimum Gasteiger partial charge on any atom is -0.345 e. The molecule has 88 valence electrons. The fourth-order valence-corrected chi connectivity index (χ4v) is 1.71. The molecule has 0 atom stereocenters. The summed E-state index contributed by atoms with van der Waals surface area (Å²) in [6.45, 7) is 5.51. The molecule has 15 heavy (non-hydrogen) atoms. The van der Waals surface area contributed by atoms with Crippen molar-refractivity contribution >= 4 is 5.91 Å². The molecule has 1 aliphatic rings. The Balaban J connectivity index is 2.08. The van der Waals surface area contributed by atoms with Gasteiger partial charge in [0.05, 0.1) is 6.54 Å². The van der Waals surface area contributed by atoms with Gasteiger partial charge in [-0.15, -0.1) is 0 Å². The number of nitrogens with zero attached hydrogens (tertiary/aromatic N) is 1. The standard InChI is InChI=1S/C12H24N2O/c1-10(2)13-9-12(15)14(3)8-7-11-5-4-6-11/h10-11,13H,4-9H2,1-3H3. The summed E-state index contributed by atoms with van der Waals surface area (Å²) in [5.41, 5.74) is 0. The van der Waals surface area contributed by atoms with Crippen LogP contribution < -0.4 is 5.32 Å². The highest BCUT2D eigenvalue weighted by molar-refractivity contribution is 5.77. The van der Waals surface area contributed by atoms with E-state index in [2.05, 4.69) is 19.2 Å². The number of likely N-dealkylation sites (N-methyl/N-ethyl adjacent to an activating group) is 1. The molecule has 3 nitrogen and oxygen atoms in total. The Labute approximate surface area is 93.2 Å². The molecule has 1 aliphatic carbocycles. The largest absolute Gasteiger partial charge is 0.345 e. The second kappa shape index (κ2) is 6.11. The van der Waals surface area contributed by atoms with Gasteiger partial charge in [0.1, 0.15) is 0 Å². The Morgan fingerprint density at radius 1 is 1.47 bits per heavy atom. The van der Waals surface area contributed by atoms with E-state index in [0.717, 1.165) is 12.5 Å². The van der Waals surface area contributed by atoms with Gasteiger partial charge in [0, 0.05) is 19.6 Å². The van der Waals surface area contributed by atoms with Crippen LogP contribution in [0.15, 0.2) is 0 Å². The molecule has 0 spiro atoms. The van der Waals surface area contributed by atoms with E-state index in [1.807, 2.05) is 11.9 Å². The number of nitrogens with one attached hydrogen (secondary N) is 1. The summed E-state index contributed by atoms with van der Waals surface area (Å²) in [5, 5.41) is 3.15. The molecule has 1 fully saturated rings. The molecule has 0 saturated heterocycles. The Morgan fingerprint density at radius 3 is 2.60 bits per heavy atom. The molecule has 0 aromatic heterocycles. The highest BCUT2D eigenvalue weighted by Gasteiger charge is 2.18. The van der Waals surface area contributed by atoms with Gasteiger partial charge in [-0.2, -0.15) is 0 Å².